The van der Waals surface area contributed by atoms with E-state index in [0.29, 0.717) is 5.56 Å². The highest BCUT2D eigenvalue weighted by Gasteiger charge is 2.51. The van der Waals surface area contributed by atoms with Gasteiger partial charge < -0.3 is 49.2 Å². The molecular weight excluding hydrogens is 364 g/mol. The normalized spacial score (nSPS) is 36.1. The van der Waals surface area contributed by atoms with Crippen LogP contribution in [0.3, 0.4) is 0 Å². The van der Waals surface area contributed by atoms with Crippen LogP contribution in [0.15, 0.2) is 12.1 Å². The van der Waals surface area contributed by atoms with Gasteiger partial charge in [-0.2, -0.15) is 0 Å². The first-order valence-electron chi connectivity index (χ1n) is 8.44. The predicted molar refractivity (Wildman–Crippen MR) is 88.5 cm³/mol. The van der Waals surface area contributed by atoms with Crippen LogP contribution in [0.4, 0.5) is 0 Å². The molecule has 0 aromatic heterocycles. The lowest BCUT2D eigenvalue weighted by molar-refractivity contribution is -0.371. The maximum absolute atomic E-state index is 10.2. The lowest BCUT2D eigenvalue weighted by atomic mass is 9.95. The molecule has 5 N–H and O–H groups in total. The van der Waals surface area contributed by atoms with Crippen LogP contribution in [0, 0.1) is 0 Å². The maximum Gasteiger partial charge on any atom is 0.200 e. The van der Waals surface area contributed by atoms with Gasteiger partial charge in [-0.1, -0.05) is 0 Å². The van der Waals surface area contributed by atoms with Crippen molar-refractivity contribution < 1.29 is 49.2 Å². The van der Waals surface area contributed by atoms with Crippen LogP contribution in [-0.2, 0) is 14.2 Å². The smallest absolute Gasteiger partial charge is 0.200 e. The van der Waals surface area contributed by atoms with E-state index in [-0.39, 0.29) is 17.2 Å². The summed E-state index contributed by atoms with van der Waals surface area (Å²) in [4.78, 5) is 0. The molecule has 10 heteroatoms. The van der Waals surface area contributed by atoms with Crippen LogP contribution in [-0.4, -0.2) is 89.8 Å². The molecular formula is C17H24O10. The number of fused-ring (bicyclic) bond motifs is 1. The SMILES string of the molecule is COc1cc(C2OC3O[C@H](CO)C(O)[C@@H](O)C3OC2CO)cc(OC)c1O. The highest BCUT2D eigenvalue weighted by Crippen LogP contribution is 2.43. The van der Waals surface area contributed by atoms with E-state index in [2.05, 4.69) is 0 Å². The molecule has 27 heavy (non-hydrogen) atoms. The molecule has 7 atom stereocenters. The number of aliphatic hydroxyl groups excluding tert-OH is 4. The van der Waals surface area contributed by atoms with Crippen LogP contribution in [0.2, 0.25) is 0 Å². The van der Waals surface area contributed by atoms with E-state index in [9.17, 15) is 25.5 Å². The lowest BCUT2D eigenvalue weighted by Gasteiger charge is -2.48. The Balaban J connectivity index is 1.92. The Morgan fingerprint density at radius 1 is 0.889 bits per heavy atom. The zero-order valence-corrected chi connectivity index (χ0v) is 14.9. The van der Waals surface area contributed by atoms with E-state index < -0.39 is 56.1 Å². The topological polar surface area (TPSA) is 147 Å². The van der Waals surface area contributed by atoms with Gasteiger partial charge in [-0.25, -0.2) is 0 Å². The second kappa shape index (κ2) is 8.15. The van der Waals surface area contributed by atoms with Gasteiger partial charge in [-0.05, 0) is 17.7 Å². The number of ether oxygens (including phenoxy) is 5. The Morgan fingerprint density at radius 2 is 1.48 bits per heavy atom. The molecule has 5 unspecified atom stereocenters. The maximum atomic E-state index is 10.2. The molecule has 0 radical (unpaired) electrons. The van der Waals surface area contributed by atoms with Crippen molar-refractivity contribution in [2.45, 2.75) is 42.9 Å². The van der Waals surface area contributed by atoms with Crippen molar-refractivity contribution in [1.82, 2.24) is 0 Å². The molecule has 2 aliphatic heterocycles. The summed E-state index contributed by atoms with van der Waals surface area (Å²) in [6.45, 7) is -0.953. The van der Waals surface area contributed by atoms with E-state index >= 15 is 0 Å². The highest BCUT2D eigenvalue weighted by molar-refractivity contribution is 5.53. The van der Waals surface area contributed by atoms with Gasteiger partial charge in [0.25, 0.3) is 0 Å². The van der Waals surface area contributed by atoms with Crippen LogP contribution in [0.5, 0.6) is 17.2 Å². The third kappa shape index (κ3) is 3.57. The van der Waals surface area contributed by atoms with Crippen LogP contribution in [0.1, 0.15) is 11.7 Å². The number of rotatable bonds is 5. The summed E-state index contributed by atoms with van der Waals surface area (Å²) in [7, 11) is 2.76. The molecule has 2 aliphatic rings. The fraction of sp³-hybridized carbons (Fsp3) is 0.647. The summed E-state index contributed by atoms with van der Waals surface area (Å²) < 4.78 is 27.4. The zero-order chi connectivity index (χ0) is 19.7. The number of aromatic hydroxyl groups is 1. The van der Waals surface area contributed by atoms with E-state index in [4.69, 9.17) is 23.7 Å². The van der Waals surface area contributed by atoms with Gasteiger partial charge in [0.05, 0.1) is 27.4 Å². The van der Waals surface area contributed by atoms with Crippen molar-refractivity contribution in [2.75, 3.05) is 27.4 Å². The summed E-state index contributed by atoms with van der Waals surface area (Å²) in [5.74, 6) is 0.0896. The lowest BCUT2D eigenvalue weighted by Crippen LogP contribution is -2.63. The summed E-state index contributed by atoms with van der Waals surface area (Å²) in [5, 5.41) is 49.4. The highest BCUT2D eigenvalue weighted by atomic mass is 16.7. The Kier molecular flexibility index (Phi) is 6.06. The molecule has 2 heterocycles. The third-order valence-corrected chi connectivity index (χ3v) is 4.79. The van der Waals surface area contributed by atoms with Crippen molar-refractivity contribution in [1.29, 1.82) is 0 Å². The van der Waals surface area contributed by atoms with Crippen molar-refractivity contribution in [2.24, 2.45) is 0 Å². The number of hydrogen-bond donors (Lipinski definition) is 5. The van der Waals surface area contributed by atoms with Gasteiger partial charge in [0.15, 0.2) is 17.8 Å². The molecule has 2 saturated heterocycles. The molecule has 0 amide bonds. The first-order valence-corrected chi connectivity index (χ1v) is 8.44. The fourth-order valence-corrected chi connectivity index (χ4v) is 3.33. The summed E-state index contributed by atoms with van der Waals surface area (Å²) in [5.41, 5.74) is 0.476. The van der Waals surface area contributed by atoms with Gasteiger partial charge in [0.2, 0.25) is 5.75 Å². The monoisotopic (exact) mass is 388 g/mol. The quantitative estimate of drug-likeness (QED) is 0.411. The molecule has 2 fully saturated rings. The standard InChI is InChI=1S/C17H24O10/c1-23-8-3-7(4-9(24-2)12(8)20)15-11(6-19)25-16-14(22)13(21)10(5-18)26-17(16)27-15/h3-4,10-11,13-22H,5-6H2,1-2H3/t10-,11?,13?,14-,15?,16?,17?/m1/s1. The Bertz CT molecular complexity index is 628. The number of aliphatic hydroxyl groups is 4. The molecule has 1 aromatic carbocycles. The summed E-state index contributed by atoms with van der Waals surface area (Å²) in [6.07, 6.45) is -7.62. The molecule has 10 nitrogen and oxygen atoms in total. The van der Waals surface area contributed by atoms with Gasteiger partial charge in [-0.15, -0.1) is 0 Å². The van der Waals surface area contributed by atoms with Crippen LogP contribution >= 0.6 is 0 Å². The van der Waals surface area contributed by atoms with Crippen molar-refractivity contribution in [3.8, 4) is 17.2 Å². The number of phenolic OH excluding ortho intramolecular Hbond substituents is 1. The average molecular weight is 388 g/mol. The molecule has 152 valence electrons. The van der Waals surface area contributed by atoms with Crippen molar-refractivity contribution in [3.05, 3.63) is 17.7 Å². The average Bonchev–Trinajstić information content (AvgIpc) is 2.70. The number of phenols is 1. The minimum Gasteiger partial charge on any atom is -0.502 e. The number of benzene rings is 1. The van der Waals surface area contributed by atoms with Crippen molar-refractivity contribution >= 4 is 0 Å². The first kappa shape index (κ1) is 20.1. The van der Waals surface area contributed by atoms with Gasteiger partial charge in [0.1, 0.15) is 36.6 Å². The second-order valence-electron chi connectivity index (χ2n) is 6.36. The molecule has 0 spiro atoms. The molecule has 1 aromatic rings. The van der Waals surface area contributed by atoms with E-state index in [0.717, 1.165) is 0 Å². The minimum atomic E-state index is -1.36. The fourth-order valence-electron chi connectivity index (χ4n) is 3.33. The summed E-state index contributed by atoms with van der Waals surface area (Å²) >= 11 is 0. The Hall–Kier alpha value is -1.66. The third-order valence-electron chi connectivity index (χ3n) is 4.79. The zero-order valence-electron chi connectivity index (χ0n) is 14.9. The minimum absolute atomic E-state index is 0.139. The van der Waals surface area contributed by atoms with E-state index in [1.807, 2.05) is 0 Å². The molecule has 0 bridgehead atoms. The molecule has 3 rings (SSSR count). The second-order valence-corrected chi connectivity index (χ2v) is 6.36. The van der Waals surface area contributed by atoms with Crippen molar-refractivity contribution in [3.63, 3.8) is 0 Å². The van der Waals surface area contributed by atoms with E-state index in [1.165, 1.54) is 26.4 Å². The Labute approximate surface area is 155 Å². The molecule has 0 aliphatic carbocycles. The Morgan fingerprint density at radius 3 is 2.00 bits per heavy atom. The number of methoxy groups -OCH3 is 2. The molecule has 0 saturated carbocycles. The van der Waals surface area contributed by atoms with E-state index in [1.54, 1.807) is 0 Å². The number of hydrogen-bond acceptors (Lipinski definition) is 10. The van der Waals surface area contributed by atoms with Gasteiger partial charge >= 0.3 is 0 Å². The largest absolute Gasteiger partial charge is 0.502 e. The van der Waals surface area contributed by atoms with Crippen LogP contribution < -0.4 is 9.47 Å². The van der Waals surface area contributed by atoms with Crippen LogP contribution in [0.25, 0.3) is 0 Å². The first-order chi connectivity index (χ1) is 12.9. The van der Waals surface area contributed by atoms with Gasteiger partial charge in [-0.3, -0.25) is 0 Å². The summed E-state index contributed by atoms with van der Waals surface area (Å²) in [6, 6.07) is 3.01. The predicted octanol–water partition coefficient (Wildman–Crippen LogP) is -1.33. The van der Waals surface area contributed by atoms with Gasteiger partial charge in [0, 0.05) is 0 Å².